The van der Waals surface area contributed by atoms with Gasteiger partial charge in [0.15, 0.2) is 0 Å². The van der Waals surface area contributed by atoms with E-state index in [9.17, 15) is 8.42 Å². The molecule has 0 aliphatic heterocycles. The third-order valence-electron chi connectivity index (χ3n) is 2.85. The fourth-order valence-electron chi connectivity index (χ4n) is 1.96. The van der Waals surface area contributed by atoms with Crippen molar-refractivity contribution in [3.8, 4) is 0 Å². The van der Waals surface area contributed by atoms with Crippen LogP contribution in [0, 0.1) is 6.92 Å². The molecule has 10 heteroatoms. The van der Waals surface area contributed by atoms with Gasteiger partial charge >= 0.3 is 0 Å². The maximum absolute atomic E-state index is 12.4. The molecule has 0 amide bonds. The minimum Gasteiger partial charge on any atom is -0.390 e. The Bertz CT molecular complexity index is 704. The molecule has 2 aromatic rings. The van der Waals surface area contributed by atoms with E-state index in [0.29, 0.717) is 11.5 Å². The van der Waals surface area contributed by atoms with Crippen LogP contribution in [0.1, 0.15) is 30.2 Å². The number of rotatable bonds is 5. The largest absolute Gasteiger partial charge is 0.390 e. The number of sulfonamides is 1. The highest BCUT2D eigenvalue weighted by atomic mass is 32.2. The molecular weight excluding hydrogens is 284 g/mol. The van der Waals surface area contributed by atoms with Gasteiger partial charge in [0, 0.05) is 7.05 Å². The van der Waals surface area contributed by atoms with Crippen molar-refractivity contribution in [3.63, 3.8) is 0 Å². The minimum atomic E-state index is -3.82. The van der Waals surface area contributed by atoms with E-state index in [-0.39, 0.29) is 10.6 Å². The fourth-order valence-corrected chi connectivity index (χ4v) is 3.52. The second-order valence-corrected chi connectivity index (χ2v) is 6.08. The molecule has 1 atom stereocenters. The highest BCUT2D eigenvalue weighted by Gasteiger charge is 2.27. The Balaban J connectivity index is 2.32. The van der Waals surface area contributed by atoms with Gasteiger partial charge in [0.25, 0.3) is 0 Å². The molecule has 2 heterocycles. The predicted molar refractivity (Wildman–Crippen MR) is 69.0 cm³/mol. The van der Waals surface area contributed by atoms with Crippen LogP contribution in [0.25, 0.3) is 0 Å². The summed E-state index contributed by atoms with van der Waals surface area (Å²) in [7, 11) is -2.09. The van der Waals surface area contributed by atoms with Gasteiger partial charge in [-0.3, -0.25) is 5.10 Å². The Kier molecular flexibility index (Phi) is 3.88. The van der Waals surface area contributed by atoms with Crippen molar-refractivity contribution in [1.29, 1.82) is 0 Å². The number of aromatic amines is 1. The van der Waals surface area contributed by atoms with Crippen LogP contribution in [0.3, 0.4) is 0 Å². The third kappa shape index (κ3) is 2.57. The molecule has 2 aromatic heterocycles. The first kappa shape index (κ1) is 14.6. The zero-order valence-electron chi connectivity index (χ0n) is 11.3. The minimum absolute atomic E-state index is 0.0333. The van der Waals surface area contributed by atoms with Gasteiger partial charge in [-0.1, -0.05) is 0 Å². The molecule has 0 saturated heterocycles. The molecule has 2 rings (SSSR count). The van der Waals surface area contributed by atoms with Crippen molar-refractivity contribution in [3.05, 3.63) is 23.5 Å². The lowest BCUT2D eigenvalue weighted by atomic mass is 10.3. The van der Waals surface area contributed by atoms with Crippen LogP contribution in [0.4, 0.5) is 0 Å². The van der Waals surface area contributed by atoms with Crippen LogP contribution in [-0.4, -0.2) is 38.5 Å². The zero-order valence-corrected chi connectivity index (χ0v) is 12.1. The summed E-state index contributed by atoms with van der Waals surface area (Å²) in [5, 5.41) is 23.0. The Hall–Kier alpha value is -1.78. The smallest absolute Gasteiger partial charge is 0.244 e. The number of hydrogen-bond acceptors (Lipinski definition) is 6. The number of aryl methyl sites for hydroxylation is 2. The van der Waals surface area contributed by atoms with Crippen molar-refractivity contribution in [2.24, 2.45) is 7.05 Å². The Morgan fingerprint density at radius 3 is 2.80 bits per heavy atom. The van der Waals surface area contributed by atoms with E-state index in [0.717, 1.165) is 0 Å². The molecule has 110 valence electrons. The maximum atomic E-state index is 12.4. The van der Waals surface area contributed by atoms with E-state index in [2.05, 4.69) is 25.1 Å². The maximum Gasteiger partial charge on any atom is 0.244 e. The highest BCUT2D eigenvalue weighted by molar-refractivity contribution is 7.89. The van der Waals surface area contributed by atoms with Gasteiger partial charge in [-0.05, 0) is 13.8 Å². The standard InChI is InChI=1S/C10H16N6O3S/c1-6-9(8(4-17)13-12-6)20(18,19)15-7(2)10-14-11-5-16(10)3/h5,7,15,17H,4H2,1-3H3,(H,12,13). The summed E-state index contributed by atoms with van der Waals surface area (Å²) >= 11 is 0. The van der Waals surface area contributed by atoms with Crippen LogP contribution < -0.4 is 4.72 Å². The SMILES string of the molecule is Cc1[nH]nc(CO)c1S(=O)(=O)NC(C)c1nncn1C. The zero-order chi connectivity index (χ0) is 14.9. The summed E-state index contributed by atoms with van der Waals surface area (Å²) in [6.45, 7) is 2.78. The van der Waals surface area contributed by atoms with E-state index >= 15 is 0 Å². The number of H-pyrrole nitrogens is 1. The molecule has 20 heavy (non-hydrogen) atoms. The van der Waals surface area contributed by atoms with Crippen LogP contribution >= 0.6 is 0 Å². The molecular formula is C10H16N6O3S. The second-order valence-electron chi connectivity index (χ2n) is 4.43. The molecule has 0 bridgehead atoms. The molecule has 9 nitrogen and oxygen atoms in total. The summed E-state index contributed by atoms with van der Waals surface area (Å²) in [6, 6.07) is -0.562. The topological polar surface area (TPSA) is 126 Å². The average molecular weight is 300 g/mol. The lowest BCUT2D eigenvalue weighted by molar-refractivity contribution is 0.273. The van der Waals surface area contributed by atoms with Gasteiger partial charge in [-0.25, -0.2) is 13.1 Å². The van der Waals surface area contributed by atoms with Gasteiger partial charge in [0.05, 0.1) is 18.3 Å². The lowest BCUT2D eigenvalue weighted by Gasteiger charge is -2.13. The summed E-state index contributed by atoms with van der Waals surface area (Å²) in [5.41, 5.74) is 0.451. The Morgan fingerprint density at radius 1 is 1.55 bits per heavy atom. The summed E-state index contributed by atoms with van der Waals surface area (Å²) in [6.07, 6.45) is 1.49. The van der Waals surface area contributed by atoms with Gasteiger partial charge in [-0.2, -0.15) is 5.10 Å². The average Bonchev–Trinajstić information content (AvgIpc) is 2.94. The third-order valence-corrected chi connectivity index (χ3v) is 4.59. The van der Waals surface area contributed by atoms with Crippen LogP contribution in [-0.2, 0) is 23.7 Å². The predicted octanol–water partition coefficient (Wildman–Crippen LogP) is -0.622. The number of nitrogens with zero attached hydrogens (tertiary/aromatic N) is 4. The quantitative estimate of drug-likeness (QED) is 0.675. The molecule has 0 saturated carbocycles. The van der Waals surface area contributed by atoms with Crippen molar-refractivity contribution < 1.29 is 13.5 Å². The van der Waals surface area contributed by atoms with E-state index < -0.39 is 22.7 Å². The number of aromatic nitrogens is 5. The molecule has 0 spiro atoms. The number of aliphatic hydroxyl groups excluding tert-OH is 1. The number of hydrogen-bond donors (Lipinski definition) is 3. The molecule has 0 aromatic carbocycles. The van der Waals surface area contributed by atoms with Crippen molar-refractivity contribution in [2.75, 3.05) is 0 Å². The molecule has 0 fully saturated rings. The first-order valence-corrected chi connectivity index (χ1v) is 7.36. The lowest BCUT2D eigenvalue weighted by Crippen LogP contribution is -2.29. The van der Waals surface area contributed by atoms with Gasteiger partial charge < -0.3 is 9.67 Å². The van der Waals surface area contributed by atoms with Crippen LogP contribution in [0.15, 0.2) is 11.2 Å². The molecule has 0 aliphatic carbocycles. The van der Waals surface area contributed by atoms with E-state index in [1.54, 1.807) is 25.5 Å². The van der Waals surface area contributed by atoms with E-state index in [1.807, 2.05) is 0 Å². The number of nitrogens with one attached hydrogen (secondary N) is 2. The van der Waals surface area contributed by atoms with E-state index in [4.69, 9.17) is 5.11 Å². The number of aliphatic hydroxyl groups is 1. The first-order valence-electron chi connectivity index (χ1n) is 5.87. The Labute approximate surface area is 116 Å². The van der Waals surface area contributed by atoms with Gasteiger partial charge in [-0.15, -0.1) is 10.2 Å². The first-order chi connectivity index (χ1) is 9.36. The van der Waals surface area contributed by atoms with Gasteiger partial charge in [0.2, 0.25) is 10.0 Å². The molecule has 0 aliphatic rings. The highest BCUT2D eigenvalue weighted by Crippen LogP contribution is 2.20. The van der Waals surface area contributed by atoms with Crippen molar-refractivity contribution >= 4 is 10.0 Å². The Morgan fingerprint density at radius 2 is 2.25 bits per heavy atom. The van der Waals surface area contributed by atoms with Gasteiger partial charge in [0.1, 0.15) is 22.7 Å². The van der Waals surface area contributed by atoms with Crippen LogP contribution in [0.5, 0.6) is 0 Å². The molecule has 0 radical (unpaired) electrons. The van der Waals surface area contributed by atoms with Crippen LogP contribution in [0.2, 0.25) is 0 Å². The summed E-state index contributed by atoms with van der Waals surface area (Å²) < 4.78 is 28.9. The monoisotopic (exact) mass is 300 g/mol. The summed E-state index contributed by atoms with van der Waals surface area (Å²) in [5.74, 6) is 0.486. The molecule has 1 unspecified atom stereocenters. The normalized spacial score (nSPS) is 13.6. The van der Waals surface area contributed by atoms with Crippen molar-refractivity contribution in [1.82, 2.24) is 29.7 Å². The fraction of sp³-hybridized carbons (Fsp3) is 0.500. The van der Waals surface area contributed by atoms with Crippen molar-refractivity contribution in [2.45, 2.75) is 31.4 Å². The van der Waals surface area contributed by atoms with E-state index in [1.165, 1.54) is 6.33 Å². The second kappa shape index (κ2) is 5.31. The summed E-state index contributed by atoms with van der Waals surface area (Å²) in [4.78, 5) is -0.0333. The molecule has 3 N–H and O–H groups in total.